The monoisotopic (exact) mass is 488 g/mol. The standard InChI is InChI=1S/C28H26F2N4O2/c1-18-24(13-16-36-18)28(35)32-23-11-14-34(15-12-23)25-17-31-26(19-3-2-4-21(29)8-5-19)27(33-25)20-6-9-22(30)10-7-20/h2,4-10,13,16-17,23H,3,11-12,14-15H2,1H3,(H,32,35). The molecule has 0 atom stereocenters. The smallest absolute Gasteiger partial charge is 0.255 e. The Morgan fingerprint density at radius 2 is 1.86 bits per heavy atom. The Bertz CT molecular complexity index is 1350. The molecule has 1 saturated heterocycles. The van der Waals surface area contributed by atoms with Crippen LogP contribution in [0.25, 0.3) is 16.8 Å². The molecule has 5 rings (SSSR count). The number of carbonyl (C=O) groups excluding carboxylic acids is 1. The number of nitrogens with zero attached hydrogens (tertiary/aromatic N) is 3. The van der Waals surface area contributed by atoms with Crippen molar-refractivity contribution in [3.63, 3.8) is 0 Å². The van der Waals surface area contributed by atoms with E-state index < -0.39 is 0 Å². The molecule has 1 aliphatic heterocycles. The highest BCUT2D eigenvalue weighted by Crippen LogP contribution is 2.32. The zero-order chi connectivity index (χ0) is 25.1. The second-order valence-corrected chi connectivity index (χ2v) is 8.91. The molecular weight excluding hydrogens is 462 g/mol. The summed E-state index contributed by atoms with van der Waals surface area (Å²) in [5.74, 6) is 0.529. The molecule has 0 radical (unpaired) electrons. The van der Waals surface area contributed by atoms with Crippen LogP contribution in [0.5, 0.6) is 0 Å². The molecule has 0 spiro atoms. The van der Waals surface area contributed by atoms with Crippen LogP contribution in [0, 0.1) is 12.7 Å². The molecule has 1 N–H and O–H groups in total. The third-order valence-electron chi connectivity index (χ3n) is 6.50. The number of hydrogen-bond acceptors (Lipinski definition) is 5. The summed E-state index contributed by atoms with van der Waals surface area (Å²) in [5.41, 5.74) is 3.37. The highest BCUT2D eigenvalue weighted by Gasteiger charge is 2.24. The predicted octanol–water partition coefficient (Wildman–Crippen LogP) is 5.78. The largest absolute Gasteiger partial charge is 0.469 e. The first-order chi connectivity index (χ1) is 17.5. The maximum atomic E-state index is 13.7. The van der Waals surface area contributed by atoms with Crippen LogP contribution in [0.2, 0.25) is 0 Å². The Morgan fingerprint density at radius 1 is 1.08 bits per heavy atom. The van der Waals surface area contributed by atoms with Crippen molar-refractivity contribution in [2.24, 2.45) is 0 Å². The highest BCUT2D eigenvalue weighted by atomic mass is 19.1. The Labute approximate surface area is 208 Å². The van der Waals surface area contributed by atoms with Gasteiger partial charge in [0.25, 0.3) is 5.91 Å². The molecule has 2 aliphatic rings. The van der Waals surface area contributed by atoms with E-state index in [1.165, 1.54) is 30.5 Å². The number of rotatable bonds is 5. The zero-order valence-corrected chi connectivity index (χ0v) is 19.9. The van der Waals surface area contributed by atoms with Crippen LogP contribution >= 0.6 is 0 Å². The molecule has 1 aliphatic carbocycles. The van der Waals surface area contributed by atoms with Crippen LogP contribution in [0.1, 0.15) is 41.1 Å². The van der Waals surface area contributed by atoms with Crippen molar-refractivity contribution in [2.75, 3.05) is 18.0 Å². The van der Waals surface area contributed by atoms with Gasteiger partial charge in [0, 0.05) is 24.7 Å². The first-order valence-electron chi connectivity index (χ1n) is 11.9. The molecule has 0 saturated carbocycles. The van der Waals surface area contributed by atoms with Crippen LogP contribution in [0.15, 0.2) is 77.3 Å². The summed E-state index contributed by atoms with van der Waals surface area (Å²) in [5, 5.41) is 3.09. The molecule has 1 fully saturated rings. The lowest BCUT2D eigenvalue weighted by Crippen LogP contribution is -2.45. The quantitative estimate of drug-likeness (QED) is 0.493. The predicted molar refractivity (Wildman–Crippen MR) is 134 cm³/mol. The Balaban J connectivity index is 1.36. The van der Waals surface area contributed by atoms with Gasteiger partial charge in [-0.05, 0) is 74.2 Å². The van der Waals surface area contributed by atoms with Crippen LogP contribution in [-0.4, -0.2) is 35.0 Å². The number of carbonyl (C=O) groups is 1. The SMILES string of the molecule is Cc1occc1C(=O)NC1CCN(c2cnc(C3=CC=C(F)C=CC3)c(-c3ccc(F)cc3)n2)CC1. The van der Waals surface area contributed by atoms with Gasteiger partial charge in [0.2, 0.25) is 0 Å². The van der Waals surface area contributed by atoms with Gasteiger partial charge in [-0.1, -0.05) is 12.2 Å². The molecule has 184 valence electrons. The van der Waals surface area contributed by atoms with Crippen molar-refractivity contribution in [1.29, 1.82) is 0 Å². The molecule has 0 bridgehead atoms. The number of aromatic nitrogens is 2. The van der Waals surface area contributed by atoms with Gasteiger partial charge in [-0.3, -0.25) is 9.78 Å². The van der Waals surface area contributed by atoms with Crippen LogP contribution in [-0.2, 0) is 0 Å². The van der Waals surface area contributed by atoms with Gasteiger partial charge in [0.1, 0.15) is 23.2 Å². The summed E-state index contributed by atoms with van der Waals surface area (Å²) in [6.45, 7) is 3.17. The number of aryl methyl sites for hydroxylation is 1. The van der Waals surface area contributed by atoms with Crippen molar-refractivity contribution >= 4 is 17.3 Å². The van der Waals surface area contributed by atoms with Crippen LogP contribution in [0.4, 0.5) is 14.6 Å². The first kappa shape index (κ1) is 23.7. The molecule has 1 aromatic carbocycles. The topological polar surface area (TPSA) is 71.3 Å². The van der Waals surface area contributed by atoms with Crippen molar-refractivity contribution in [1.82, 2.24) is 15.3 Å². The zero-order valence-electron chi connectivity index (χ0n) is 19.9. The average Bonchev–Trinajstić information content (AvgIpc) is 3.21. The van der Waals surface area contributed by atoms with E-state index in [1.54, 1.807) is 43.5 Å². The molecule has 1 amide bonds. The Hall–Kier alpha value is -4.07. The molecule has 8 heteroatoms. The van der Waals surface area contributed by atoms with E-state index in [0.717, 1.165) is 24.0 Å². The summed E-state index contributed by atoms with van der Waals surface area (Å²) in [6, 6.07) is 7.87. The Kier molecular flexibility index (Phi) is 6.75. The summed E-state index contributed by atoms with van der Waals surface area (Å²) < 4.78 is 32.6. The number of anilines is 1. The fraction of sp³-hybridized carbons (Fsp3) is 0.250. The first-order valence-corrected chi connectivity index (χ1v) is 11.9. The van der Waals surface area contributed by atoms with Crippen LogP contribution in [0.3, 0.4) is 0 Å². The van der Waals surface area contributed by atoms with Crippen LogP contribution < -0.4 is 10.2 Å². The van der Waals surface area contributed by atoms with Gasteiger partial charge < -0.3 is 14.6 Å². The normalized spacial score (nSPS) is 16.4. The van der Waals surface area contributed by atoms with Gasteiger partial charge in [-0.25, -0.2) is 13.8 Å². The number of halogens is 2. The lowest BCUT2D eigenvalue weighted by atomic mass is 10.0. The lowest BCUT2D eigenvalue weighted by molar-refractivity contribution is 0.0929. The summed E-state index contributed by atoms with van der Waals surface area (Å²) in [7, 11) is 0. The van der Waals surface area contributed by atoms with Gasteiger partial charge in [0.15, 0.2) is 0 Å². The van der Waals surface area contributed by atoms with E-state index in [1.807, 2.05) is 0 Å². The van der Waals surface area contributed by atoms with Gasteiger partial charge in [-0.2, -0.15) is 0 Å². The number of benzene rings is 1. The molecule has 3 heterocycles. The molecule has 3 aromatic rings. The van der Waals surface area contributed by atoms with Crippen molar-refractivity contribution in [3.05, 3.63) is 95.8 Å². The number of amides is 1. The lowest BCUT2D eigenvalue weighted by Gasteiger charge is -2.33. The minimum absolute atomic E-state index is 0.0523. The minimum atomic E-state index is -0.333. The fourth-order valence-electron chi connectivity index (χ4n) is 4.49. The van der Waals surface area contributed by atoms with E-state index in [-0.39, 0.29) is 23.6 Å². The molecule has 36 heavy (non-hydrogen) atoms. The third kappa shape index (κ3) is 5.12. The van der Waals surface area contributed by atoms with Crippen molar-refractivity contribution in [3.8, 4) is 11.3 Å². The maximum Gasteiger partial charge on any atom is 0.255 e. The second-order valence-electron chi connectivity index (χ2n) is 8.91. The average molecular weight is 489 g/mol. The van der Waals surface area contributed by atoms with E-state index in [0.29, 0.717) is 48.0 Å². The minimum Gasteiger partial charge on any atom is -0.469 e. The van der Waals surface area contributed by atoms with Crippen molar-refractivity contribution in [2.45, 2.75) is 32.2 Å². The summed E-state index contributed by atoms with van der Waals surface area (Å²) in [4.78, 5) is 24.3. The summed E-state index contributed by atoms with van der Waals surface area (Å²) >= 11 is 0. The van der Waals surface area contributed by atoms with E-state index in [2.05, 4.69) is 10.2 Å². The van der Waals surface area contributed by atoms with E-state index in [4.69, 9.17) is 14.4 Å². The van der Waals surface area contributed by atoms with E-state index in [9.17, 15) is 13.6 Å². The molecule has 0 unspecified atom stereocenters. The maximum absolute atomic E-state index is 13.7. The number of piperidine rings is 1. The molecule has 6 nitrogen and oxygen atoms in total. The number of allylic oxidation sites excluding steroid dienone is 6. The number of nitrogens with one attached hydrogen (secondary N) is 1. The Morgan fingerprint density at radius 3 is 2.58 bits per heavy atom. The van der Waals surface area contributed by atoms with E-state index >= 15 is 0 Å². The number of furan rings is 1. The van der Waals surface area contributed by atoms with Crippen molar-refractivity contribution < 1.29 is 18.0 Å². The number of hydrogen-bond donors (Lipinski definition) is 1. The third-order valence-corrected chi connectivity index (χ3v) is 6.50. The molecule has 2 aromatic heterocycles. The van der Waals surface area contributed by atoms with Gasteiger partial charge in [0.05, 0.1) is 29.4 Å². The molecular formula is C28H26F2N4O2. The van der Waals surface area contributed by atoms with Gasteiger partial charge >= 0.3 is 0 Å². The highest BCUT2D eigenvalue weighted by molar-refractivity contribution is 5.95. The fourth-order valence-corrected chi connectivity index (χ4v) is 4.49. The second kappa shape index (κ2) is 10.3. The van der Waals surface area contributed by atoms with Gasteiger partial charge in [-0.15, -0.1) is 0 Å². The summed E-state index contributed by atoms with van der Waals surface area (Å²) in [6.07, 6.45) is 11.6.